The molecule has 0 radical (unpaired) electrons. The average Bonchev–Trinajstić information content (AvgIpc) is 3.40. The summed E-state index contributed by atoms with van der Waals surface area (Å²) in [5, 5.41) is 15.7. The molecule has 6 aromatic rings. The van der Waals surface area contributed by atoms with Gasteiger partial charge in [-0.25, -0.2) is 9.18 Å². The molecule has 0 spiro atoms. The van der Waals surface area contributed by atoms with Crippen molar-refractivity contribution in [2.75, 3.05) is 20.8 Å². The summed E-state index contributed by atoms with van der Waals surface area (Å²) in [6.45, 7) is 0.233. The average molecular weight is 593 g/mol. The highest BCUT2D eigenvalue weighted by Gasteiger charge is 2.30. The highest BCUT2D eigenvalue weighted by atomic mass is 19.1. The minimum atomic E-state index is -0.911. The summed E-state index contributed by atoms with van der Waals surface area (Å²) in [5.74, 6) is -1.04. The van der Waals surface area contributed by atoms with Gasteiger partial charge in [0.2, 0.25) is 0 Å². The largest absolute Gasteiger partial charge is 0.507 e. The zero-order valence-electron chi connectivity index (χ0n) is 24.0. The van der Waals surface area contributed by atoms with E-state index in [0.717, 1.165) is 16.5 Å². The summed E-state index contributed by atoms with van der Waals surface area (Å²) in [6.07, 6.45) is 0.356. The summed E-state index contributed by atoms with van der Waals surface area (Å²) in [6, 6.07) is 25.2. The van der Waals surface area contributed by atoms with Crippen LogP contribution in [0, 0.1) is 5.82 Å². The van der Waals surface area contributed by atoms with Gasteiger partial charge in [0.15, 0.2) is 0 Å². The highest BCUT2D eigenvalue weighted by molar-refractivity contribution is 5.97. The van der Waals surface area contributed by atoms with Crippen molar-refractivity contribution in [3.63, 3.8) is 0 Å². The molecule has 222 valence electrons. The van der Waals surface area contributed by atoms with E-state index in [2.05, 4.69) is 10.3 Å². The SMILES string of the molecule is COc1ccc(C(=O)NCCc2c(C(c3cccc(F)c3)c3c(O)c4ccccc4oc3=O)[nH]c3ccccc23)c(OC)c1. The number of amides is 1. The van der Waals surface area contributed by atoms with Gasteiger partial charge in [-0.15, -0.1) is 0 Å². The Labute approximate surface area is 251 Å². The molecule has 0 aliphatic heterocycles. The van der Waals surface area contributed by atoms with Crippen molar-refractivity contribution in [1.82, 2.24) is 10.3 Å². The Morgan fingerprint density at radius 2 is 1.73 bits per heavy atom. The Bertz CT molecular complexity index is 2060. The van der Waals surface area contributed by atoms with E-state index < -0.39 is 17.4 Å². The number of rotatable bonds is 9. The van der Waals surface area contributed by atoms with E-state index in [9.17, 15) is 19.1 Å². The predicted molar refractivity (Wildman–Crippen MR) is 165 cm³/mol. The fraction of sp³-hybridized carbons (Fsp3) is 0.143. The van der Waals surface area contributed by atoms with E-state index in [1.807, 2.05) is 24.3 Å². The topological polar surface area (TPSA) is 114 Å². The van der Waals surface area contributed by atoms with Gasteiger partial charge in [0.1, 0.15) is 28.6 Å². The van der Waals surface area contributed by atoms with Crippen molar-refractivity contribution >= 4 is 27.8 Å². The van der Waals surface area contributed by atoms with E-state index in [-0.39, 0.29) is 29.3 Å². The minimum Gasteiger partial charge on any atom is -0.507 e. The number of carbonyl (C=O) groups is 1. The second-order valence-corrected chi connectivity index (χ2v) is 10.3. The van der Waals surface area contributed by atoms with Crippen molar-refractivity contribution in [3.8, 4) is 17.2 Å². The second kappa shape index (κ2) is 12.0. The third kappa shape index (κ3) is 5.24. The normalized spacial score (nSPS) is 11.9. The van der Waals surface area contributed by atoms with Crippen LogP contribution in [0.15, 0.2) is 100 Å². The van der Waals surface area contributed by atoms with E-state index in [4.69, 9.17) is 13.9 Å². The Morgan fingerprint density at radius 3 is 2.50 bits per heavy atom. The molecule has 3 N–H and O–H groups in total. The molecule has 1 unspecified atom stereocenters. The van der Waals surface area contributed by atoms with Gasteiger partial charge in [-0.3, -0.25) is 4.79 Å². The number of H-pyrrole nitrogens is 1. The minimum absolute atomic E-state index is 0.0193. The van der Waals surface area contributed by atoms with Gasteiger partial charge in [-0.05, 0) is 60.0 Å². The lowest BCUT2D eigenvalue weighted by Gasteiger charge is -2.20. The third-order valence-corrected chi connectivity index (χ3v) is 7.74. The molecular weight excluding hydrogens is 563 g/mol. The van der Waals surface area contributed by atoms with Crippen molar-refractivity contribution in [2.45, 2.75) is 12.3 Å². The first kappa shape index (κ1) is 28.5. The quantitative estimate of drug-likeness (QED) is 0.170. The highest BCUT2D eigenvalue weighted by Crippen LogP contribution is 2.41. The smallest absolute Gasteiger partial charge is 0.344 e. The molecule has 2 aromatic heterocycles. The number of ether oxygens (including phenoxy) is 2. The van der Waals surface area contributed by atoms with Crippen molar-refractivity contribution in [2.24, 2.45) is 0 Å². The van der Waals surface area contributed by atoms with Crippen LogP contribution >= 0.6 is 0 Å². The molecule has 1 amide bonds. The number of fused-ring (bicyclic) bond motifs is 2. The molecule has 0 aliphatic carbocycles. The number of carbonyl (C=O) groups excluding carboxylic acids is 1. The number of hydrogen-bond donors (Lipinski definition) is 3. The van der Waals surface area contributed by atoms with Crippen molar-refractivity contribution < 1.29 is 28.2 Å². The van der Waals surface area contributed by atoms with Gasteiger partial charge >= 0.3 is 5.63 Å². The van der Waals surface area contributed by atoms with E-state index in [1.54, 1.807) is 54.6 Å². The first-order valence-electron chi connectivity index (χ1n) is 14.0. The number of aromatic hydroxyl groups is 1. The summed E-state index contributed by atoms with van der Waals surface area (Å²) in [4.78, 5) is 30.1. The maximum atomic E-state index is 14.6. The molecule has 44 heavy (non-hydrogen) atoms. The van der Waals surface area contributed by atoms with Crippen LogP contribution in [0.4, 0.5) is 4.39 Å². The van der Waals surface area contributed by atoms with E-state index in [1.165, 1.54) is 26.4 Å². The molecule has 0 saturated carbocycles. The second-order valence-electron chi connectivity index (χ2n) is 10.3. The van der Waals surface area contributed by atoms with Gasteiger partial charge in [-0.1, -0.05) is 42.5 Å². The number of para-hydroxylation sites is 2. The molecule has 9 heteroatoms. The number of nitrogens with one attached hydrogen (secondary N) is 2. The van der Waals surface area contributed by atoms with Crippen LogP contribution in [-0.2, 0) is 6.42 Å². The molecule has 1 atom stereocenters. The fourth-order valence-corrected chi connectivity index (χ4v) is 5.69. The summed E-state index contributed by atoms with van der Waals surface area (Å²) in [7, 11) is 3.01. The van der Waals surface area contributed by atoms with Crippen molar-refractivity contribution in [1.29, 1.82) is 0 Å². The summed E-state index contributed by atoms with van der Waals surface area (Å²) in [5.41, 5.74) is 2.44. The van der Waals surface area contributed by atoms with Crippen LogP contribution in [0.1, 0.15) is 38.7 Å². The van der Waals surface area contributed by atoms with Crippen LogP contribution in [0.2, 0.25) is 0 Å². The first-order valence-corrected chi connectivity index (χ1v) is 14.0. The monoisotopic (exact) mass is 592 g/mol. The lowest BCUT2D eigenvalue weighted by atomic mass is 9.85. The van der Waals surface area contributed by atoms with Crippen molar-refractivity contribution in [3.05, 3.63) is 135 Å². The standard InChI is InChI=1S/C35H29FN2O6/c1-42-22-14-15-26(29(19-22)43-2)34(40)37-17-16-24-23-10-3-5-12-27(23)38-32(24)30(20-8-7-9-21(36)18-20)31-33(39)25-11-4-6-13-28(25)44-35(31)41/h3-15,18-19,30,38-39H,16-17H2,1-2H3,(H,37,40). The maximum absolute atomic E-state index is 14.6. The predicted octanol–water partition coefficient (Wildman–Crippen LogP) is 6.29. The van der Waals surface area contributed by atoms with Gasteiger partial charge in [0.05, 0.1) is 36.7 Å². The van der Waals surface area contributed by atoms with Crippen LogP contribution in [0.3, 0.4) is 0 Å². The van der Waals surface area contributed by atoms with E-state index >= 15 is 0 Å². The molecule has 6 rings (SSSR count). The van der Waals surface area contributed by atoms with Crippen LogP contribution in [-0.4, -0.2) is 36.8 Å². The molecule has 0 saturated heterocycles. The molecular formula is C35H29FN2O6. The number of aromatic amines is 1. The number of methoxy groups -OCH3 is 2. The Morgan fingerprint density at radius 1 is 0.955 bits per heavy atom. The van der Waals surface area contributed by atoms with Gasteiger partial charge in [0.25, 0.3) is 5.91 Å². The molecule has 2 heterocycles. The van der Waals surface area contributed by atoms with Crippen LogP contribution in [0.5, 0.6) is 17.2 Å². The van der Waals surface area contributed by atoms with Crippen LogP contribution in [0.25, 0.3) is 21.9 Å². The first-order chi connectivity index (χ1) is 21.4. The Kier molecular flexibility index (Phi) is 7.76. The Hall–Kier alpha value is -5.57. The zero-order chi connectivity index (χ0) is 30.8. The van der Waals surface area contributed by atoms with Gasteiger partial charge in [-0.2, -0.15) is 0 Å². The fourth-order valence-electron chi connectivity index (χ4n) is 5.69. The lowest BCUT2D eigenvalue weighted by molar-refractivity contribution is 0.0951. The molecule has 4 aromatic carbocycles. The molecule has 0 aliphatic rings. The third-order valence-electron chi connectivity index (χ3n) is 7.74. The molecule has 8 nitrogen and oxygen atoms in total. The van der Waals surface area contributed by atoms with E-state index in [0.29, 0.717) is 40.1 Å². The number of hydrogen-bond acceptors (Lipinski definition) is 6. The summed E-state index contributed by atoms with van der Waals surface area (Å²) >= 11 is 0. The van der Waals surface area contributed by atoms with Gasteiger partial charge in [0, 0.05) is 29.2 Å². The Balaban J connectivity index is 1.45. The zero-order valence-corrected chi connectivity index (χ0v) is 24.0. The number of aromatic nitrogens is 1. The lowest BCUT2D eigenvalue weighted by Crippen LogP contribution is -2.26. The number of halogens is 1. The molecule has 0 fully saturated rings. The number of benzene rings is 4. The van der Waals surface area contributed by atoms with Crippen LogP contribution < -0.4 is 20.4 Å². The maximum Gasteiger partial charge on any atom is 0.344 e. The summed E-state index contributed by atoms with van der Waals surface area (Å²) < 4.78 is 30.9. The molecule has 0 bridgehead atoms. The van der Waals surface area contributed by atoms with Gasteiger partial charge < -0.3 is 29.3 Å².